The minimum Gasteiger partial charge on any atom is -0.508 e. The Bertz CT molecular complexity index is 887. The Kier molecular flexibility index (Phi) is 8.19. The highest BCUT2D eigenvalue weighted by Gasteiger charge is 2.25. The Hall–Kier alpha value is -1.61. The van der Waals surface area contributed by atoms with Crippen molar-refractivity contribution in [2.45, 2.75) is 108 Å². The molecule has 0 aromatic heterocycles. The number of hydrogen-bond acceptors (Lipinski definition) is 3. The zero-order valence-electron chi connectivity index (χ0n) is 21.0. The fourth-order valence-electron chi connectivity index (χ4n) is 3.72. The van der Waals surface area contributed by atoms with Crippen molar-refractivity contribution in [3.63, 3.8) is 0 Å². The summed E-state index contributed by atoms with van der Waals surface area (Å²) in [5.74, 6) is 1.04. The lowest BCUT2D eigenvalue weighted by molar-refractivity contribution is 0.446. The van der Waals surface area contributed by atoms with Crippen molar-refractivity contribution in [3.8, 4) is 11.5 Å². The molecule has 0 aliphatic rings. The predicted octanol–water partition coefficient (Wildman–Crippen LogP) is 8.84. The lowest BCUT2D eigenvalue weighted by Gasteiger charge is -2.26. The normalized spacial score (nSPS) is 14.5. The number of thioether (sulfide) groups is 1. The minimum atomic E-state index is -0.000234. The van der Waals surface area contributed by atoms with E-state index in [1.807, 2.05) is 12.1 Å². The number of phenolic OH excluding ortho intramolecular Hbond substituents is 2. The Morgan fingerprint density at radius 3 is 1.94 bits per heavy atom. The molecule has 2 atom stereocenters. The molecule has 0 bridgehead atoms. The summed E-state index contributed by atoms with van der Waals surface area (Å²) in [6.07, 6.45) is 2.93. The average molecular weight is 443 g/mol. The largest absolute Gasteiger partial charge is 0.508 e. The molecule has 0 heterocycles. The summed E-state index contributed by atoms with van der Waals surface area (Å²) < 4.78 is 0. The SMILES string of the molecule is CCCC(Sc1cc(C(C)(C)C)cc(C(C)CC)c1O)c1cc(C(C)(C)C)ccc1O. The topological polar surface area (TPSA) is 40.5 Å². The molecule has 2 N–H and O–H groups in total. The van der Waals surface area contributed by atoms with Gasteiger partial charge >= 0.3 is 0 Å². The van der Waals surface area contributed by atoms with Gasteiger partial charge in [-0.2, -0.15) is 0 Å². The number of benzene rings is 2. The third kappa shape index (κ3) is 6.22. The van der Waals surface area contributed by atoms with Gasteiger partial charge in [0, 0.05) is 10.8 Å². The molecule has 2 aromatic rings. The maximum Gasteiger partial charge on any atom is 0.132 e. The maximum absolute atomic E-state index is 11.2. The van der Waals surface area contributed by atoms with Crippen molar-refractivity contribution in [1.29, 1.82) is 0 Å². The van der Waals surface area contributed by atoms with Gasteiger partial charge in [-0.15, -0.1) is 11.8 Å². The number of rotatable bonds is 7. The van der Waals surface area contributed by atoms with Crippen molar-refractivity contribution < 1.29 is 10.2 Å². The minimum absolute atomic E-state index is 0.000234. The van der Waals surface area contributed by atoms with Gasteiger partial charge in [0.15, 0.2) is 0 Å². The van der Waals surface area contributed by atoms with Gasteiger partial charge in [0.25, 0.3) is 0 Å². The van der Waals surface area contributed by atoms with Crippen LogP contribution < -0.4 is 0 Å². The summed E-state index contributed by atoms with van der Waals surface area (Å²) in [4.78, 5) is 0.918. The Balaban J connectivity index is 2.60. The van der Waals surface area contributed by atoms with E-state index in [1.54, 1.807) is 11.8 Å². The second-order valence-electron chi connectivity index (χ2n) is 10.9. The maximum atomic E-state index is 11.2. The molecule has 0 aliphatic heterocycles. The first kappa shape index (κ1) is 25.6. The molecule has 0 radical (unpaired) electrons. The van der Waals surface area contributed by atoms with E-state index in [9.17, 15) is 10.2 Å². The number of aromatic hydroxyl groups is 2. The summed E-state index contributed by atoms with van der Waals surface area (Å²) in [5.41, 5.74) is 4.47. The lowest BCUT2D eigenvalue weighted by atomic mass is 9.84. The van der Waals surface area contributed by atoms with Crippen molar-refractivity contribution in [2.24, 2.45) is 0 Å². The molecular formula is C28H42O2S. The standard InChI is InChI=1S/C28H42O2S/c1-10-12-24(22-15-19(27(4,5)6)13-14-23(22)29)31-25-17-20(28(7,8)9)16-21(26(25)30)18(3)11-2/h13-18,24,29-30H,10-12H2,1-9H3. The summed E-state index contributed by atoms with van der Waals surface area (Å²) in [6.45, 7) is 19.8. The lowest BCUT2D eigenvalue weighted by Crippen LogP contribution is -2.13. The highest BCUT2D eigenvalue weighted by Crippen LogP contribution is 2.48. The van der Waals surface area contributed by atoms with Crippen molar-refractivity contribution in [1.82, 2.24) is 0 Å². The van der Waals surface area contributed by atoms with Gasteiger partial charge in [0.2, 0.25) is 0 Å². The Morgan fingerprint density at radius 2 is 1.42 bits per heavy atom. The number of hydrogen-bond donors (Lipinski definition) is 2. The predicted molar refractivity (Wildman–Crippen MR) is 136 cm³/mol. The molecule has 3 heteroatoms. The number of phenols is 2. The van der Waals surface area contributed by atoms with Crippen LogP contribution in [-0.2, 0) is 10.8 Å². The Morgan fingerprint density at radius 1 is 0.839 bits per heavy atom. The average Bonchev–Trinajstić information content (AvgIpc) is 2.67. The quantitative estimate of drug-likeness (QED) is 0.421. The molecule has 2 aromatic carbocycles. The van der Waals surface area contributed by atoms with E-state index in [1.165, 1.54) is 11.1 Å². The zero-order valence-corrected chi connectivity index (χ0v) is 21.8. The third-order valence-electron chi connectivity index (χ3n) is 6.17. The van der Waals surface area contributed by atoms with E-state index in [0.29, 0.717) is 17.4 Å². The summed E-state index contributed by atoms with van der Waals surface area (Å²) in [5, 5.41) is 22.0. The highest BCUT2D eigenvalue weighted by atomic mass is 32.2. The smallest absolute Gasteiger partial charge is 0.132 e. The zero-order chi connectivity index (χ0) is 23.6. The van der Waals surface area contributed by atoms with E-state index in [4.69, 9.17) is 0 Å². The van der Waals surface area contributed by atoms with Gasteiger partial charge in [-0.1, -0.05) is 86.9 Å². The molecule has 2 rings (SSSR count). The van der Waals surface area contributed by atoms with E-state index >= 15 is 0 Å². The van der Waals surface area contributed by atoms with Crippen LogP contribution in [0.2, 0.25) is 0 Å². The van der Waals surface area contributed by atoms with Crippen LogP contribution in [0.4, 0.5) is 0 Å². The van der Waals surface area contributed by atoms with Crippen LogP contribution in [0.15, 0.2) is 35.2 Å². The monoisotopic (exact) mass is 442 g/mol. The van der Waals surface area contributed by atoms with E-state index in [0.717, 1.165) is 35.3 Å². The van der Waals surface area contributed by atoms with Crippen LogP contribution in [0, 0.1) is 0 Å². The molecule has 0 spiro atoms. The van der Waals surface area contributed by atoms with Gasteiger partial charge in [-0.3, -0.25) is 0 Å². The highest BCUT2D eigenvalue weighted by molar-refractivity contribution is 7.99. The van der Waals surface area contributed by atoms with E-state index in [-0.39, 0.29) is 16.1 Å². The summed E-state index contributed by atoms with van der Waals surface area (Å²) >= 11 is 1.69. The first-order valence-corrected chi connectivity index (χ1v) is 12.5. The third-order valence-corrected chi connectivity index (χ3v) is 7.51. The van der Waals surface area contributed by atoms with E-state index in [2.05, 4.69) is 80.5 Å². The van der Waals surface area contributed by atoms with E-state index < -0.39 is 0 Å². The van der Waals surface area contributed by atoms with Crippen LogP contribution in [0.5, 0.6) is 11.5 Å². The summed E-state index contributed by atoms with van der Waals surface area (Å²) in [7, 11) is 0. The van der Waals surface area contributed by atoms with Crippen LogP contribution in [0.25, 0.3) is 0 Å². The molecule has 31 heavy (non-hydrogen) atoms. The molecule has 0 aliphatic carbocycles. The van der Waals surface area contributed by atoms with Crippen LogP contribution in [-0.4, -0.2) is 10.2 Å². The van der Waals surface area contributed by atoms with Crippen molar-refractivity contribution in [3.05, 3.63) is 52.6 Å². The first-order valence-electron chi connectivity index (χ1n) is 11.7. The molecule has 2 nitrogen and oxygen atoms in total. The fourth-order valence-corrected chi connectivity index (χ4v) is 5.12. The molecule has 0 fully saturated rings. The van der Waals surface area contributed by atoms with Crippen LogP contribution in [0.3, 0.4) is 0 Å². The first-order chi connectivity index (χ1) is 14.3. The Labute approximate surface area is 194 Å². The second-order valence-corrected chi connectivity index (χ2v) is 12.1. The van der Waals surface area contributed by atoms with Gasteiger partial charge in [0.05, 0.1) is 4.90 Å². The second kappa shape index (κ2) is 9.90. The van der Waals surface area contributed by atoms with Crippen molar-refractivity contribution >= 4 is 11.8 Å². The van der Waals surface area contributed by atoms with Crippen LogP contribution in [0.1, 0.15) is 115 Å². The molecule has 172 valence electrons. The van der Waals surface area contributed by atoms with Gasteiger partial charge < -0.3 is 10.2 Å². The fraction of sp³-hybridized carbons (Fsp3) is 0.571. The molecule has 2 unspecified atom stereocenters. The van der Waals surface area contributed by atoms with Crippen LogP contribution >= 0.6 is 11.8 Å². The molecule has 0 saturated heterocycles. The summed E-state index contributed by atoms with van der Waals surface area (Å²) in [6, 6.07) is 10.3. The molecular weight excluding hydrogens is 400 g/mol. The molecule has 0 amide bonds. The van der Waals surface area contributed by atoms with Crippen molar-refractivity contribution in [2.75, 3.05) is 0 Å². The van der Waals surface area contributed by atoms with Gasteiger partial charge in [-0.05, 0) is 58.4 Å². The molecule has 0 saturated carbocycles. The van der Waals surface area contributed by atoms with Gasteiger partial charge in [0.1, 0.15) is 11.5 Å². The van der Waals surface area contributed by atoms with Gasteiger partial charge in [-0.25, -0.2) is 0 Å².